The highest BCUT2D eigenvalue weighted by molar-refractivity contribution is 5.94. The highest BCUT2D eigenvalue weighted by atomic mass is 16.5. The highest BCUT2D eigenvalue weighted by Gasteiger charge is 2.16. The van der Waals surface area contributed by atoms with Gasteiger partial charge in [0.15, 0.2) is 0 Å². The van der Waals surface area contributed by atoms with Crippen molar-refractivity contribution in [1.82, 2.24) is 9.55 Å². The molecule has 5 nitrogen and oxygen atoms in total. The number of carbonyl (C=O) groups excluding carboxylic acids is 1. The lowest BCUT2D eigenvalue weighted by Crippen LogP contribution is -2.03. The van der Waals surface area contributed by atoms with E-state index in [2.05, 4.69) is 34.9 Å². The molecule has 0 aliphatic heterocycles. The van der Waals surface area contributed by atoms with Crippen molar-refractivity contribution in [3.63, 3.8) is 0 Å². The van der Waals surface area contributed by atoms with Gasteiger partial charge in [-0.1, -0.05) is 35.9 Å². The van der Waals surface area contributed by atoms with Crippen molar-refractivity contribution in [3.8, 4) is 11.4 Å². The fourth-order valence-electron chi connectivity index (χ4n) is 4.02. The molecule has 0 radical (unpaired) electrons. The van der Waals surface area contributed by atoms with Gasteiger partial charge < -0.3 is 13.7 Å². The van der Waals surface area contributed by atoms with Crippen LogP contribution in [-0.4, -0.2) is 22.6 Å². The minimum atomic E-state index is -0.477. The van der Waals surface area contributed by atoms with Gasteiger partial charge in [-0.15, -0.1) is 0 Å². The molecule has 1 aliphatic carbocycles. The number of imidazole rings is 1. The Morgan fingerprint density at radius 3 is 2.93 bits per heavy atom. The van der Waals surface area contributed by atoms with Crippen LogP contribution in [-0.2, 0) is 11.3 Å². The molecular formula is C25H22N2O3. The second kappa shape index (κ2) is 7.67. The maximum Gasteiger partial charge on any atom is 0.373 e. The van der Waals surface area contributed by atoms with Crippen LogP contribution in [0.2, 0.25) is 0 Å². The van der Waals surface area contributed by atoms with Gasteiger partial charge in [0.2, 0.25) is 5.76 Å². The number of allylic oxidation sites excluding steroid dienone is 4. The summed E-state index contributed by atoms with van der Waals surface area (Å²) < 4.78 is 12.7. The van der Waals surface area contributed by atoms with Crippen molar-refractivity contribution in [3.05, 3.63) is 78.1 Å². The first kappa shape index (κ1) is 18.4. The summed E-state index contributed by atoms with van der Waals surface area (Å²) in [6.45, 7) is 0.867. The van der Waals surface area contributed by atoms with E-state index in [1.54, 1.807) is 6.07 Å². The molecule has 2 aromatic carbocycles. The molecule has 150 valence electrons. The number of ether oxygens (including phenoxy) is 1. The summed E-state index contributed by atoms with van der Waals surface area (Å²) in [4.78, 5) is 16.7. The molecule has 0 saturated carbocycles. The van der Waals surface area contributed by atoms with Gasteiger partial charge in [0.1, 0.15) is 11.4 Å². The second-order valence-corrected chi connectivity index (χ2v) is 7.47. The van der Waals surface area contributed by atoms with Gasteiger partial charge in [-0.25, -0.2) is 9.78 Å². The third-order valence-corrected chi connectivity index (χ3v) is 5.57. The number of aryl methyl sites for hydroxylation is 1. The fourth-order valence-corrected chi connectivity index (χ4v) is 4.02. The summed E-state index contributed by atoms with van der Waals surface area (Å²) in [5.74, 6) is 0.649. The number of hydrogen-bond donors (Lipinski definition) is 0. The van der Waals surface area contributed by atoms with Crippen LogP contribution in [0.15, 0.2) is 76.7 Å². The minimum absolute atomic E-state index is 0.204. The quantitative estimate of drug-likeness (QED) is 0.393. The maximum atomic E-state index is 11.8. The third-order valence-electron chi connectivity index (χ3n) is 5.57. The minimum Gasteiger partial charge on any atom is -0.463 e. The van der Waals surface area contributed by atoms with E-state index in [0.717, 1.165) is 53.6 Å². The van der Waals surface area contributed by atoms with Crippen LogP contribution < -0.4 is 0 Å². The number of benzene rings is 2. The number of aromatic nitrogens is 2. The molecule has 2 aromatic heterocycles. The summed E-state index contributed by atoms with van der Waals surface area (Å²) in [6.07, 6.45) is 9.83. The lowest BCUT2D eigenvalue weighted by Gasteiger charge is -2.13. The molecular weight excluding hydrogens is 376 g/mol. The van der Waals surface area contributed by atoms with E-state index in [-0.39, 0.29) is 5.76 Å². The van der Waals surface area contributed by atoms with E-state index in [1.807, 2.05) is 30.3 Å². The first-order chi connectivity index (χ1) is 14.7. The lowest BCUT2D eigenvalue weighted by atomic mass is 10.0. The molecule has 0 bridgehead atoms. The Labute approximate surface area is 174 Å². The van der Waals surface area contributed by atoms with Crippen LogP contribution in [0.25, 0.3) is 33.4 Å². The van der Waals surface area contributed by atoms with Gasteiger partial charge in [-0.2, -0.15) is 0 Å². The van der Waals surface area contributed by atoms with E-state index in [1.165, 1.54) is 12.7 Å². The van der Waals surface area contributed by atoms with Gasteiger partial charge in [0, 0.05) is 17.5 Å². The Morgan fingerprint density at radius 2 is 2.10 bits per heavy atom. The first-order valence-corrected chi connectivity index (χ1v) is 10.1. The van der Waals surface area contributed by atoms with Crippen molar-refractivity contribution in [2.24, 2.45) is 0 Å². The number of para-hydroxylation sites is 2. The Morgan fingerprint density at radius 1 is 1.20 bits per heavy atom. The predicted molar refractivity (Wildman–Crippen MR) is 117 cm³/mol. The zero-order valence-corrected chi connectivity index (χ0v) is 16.8. The van der Waals surface area contributed by atoms with Crippen molar-refractivity contribution in [2.75, 3.05) is 7.11 Å². The SMILES string of the molecule is COC(=O)c1cc2cc(-c3nc4ccccc4n3CCC3=CC=CCC3)ccc2o1. The number of fused-ring (bicyclic) bond motifs is 2. The van der Waals surface area contributed by atoms with E-state index in [4.69, 9.17) is 14.1 Å². The molecule has 2 heterocycles. The van der Waals surface area contributed by atoms with Crippen molar-refractivity contribution < 1.29 is 13.9 Å². The molecule has 0 fully saturated rings. The number of methoxy groups -OCH3 is 1. The van der Waals surface area contributed by atoms with Crippen LogP contribution in [0.3, 0.4) is 0 Å². The first-order valence-electron chi connectivity index (χ1n) is 10.1. The summed E-state index contributed by atoms with van der Waals surface area (Å²) in [5, 5.41) is 0.853. The monoisotopic (exact) mass is 398 g/mol. The number of esters is 1. The van der Waals surface area contributed by atoms with E-state index >= 15 is 0 Å². The zero-order valence-electron chi connectivity index (χ0n) is 16.8. The Hall–Kier alpha value is -3.60. The summed E-state index contributed by atoms with van der Waals surface area (Å²) in [5.41, 5.74) is 5.22. The molecule has 0 unspecified atom stereocenters. The number of furan rings is 1. The Bertz CT molecular complexity index is 1310. The summed E-state index contributed by atoms with van der Waals surface area (Å²) in [6, 6.07) is 15.8. The molecule has 0 spiro atoms. The lowest BCUT2D eigenvalue weighted by molar-refractivity contribution is 0.0567. The van der Waals surface area contributed by atoms with E-state index in [0.29, 0.717) is 5.58 Å². The van der Waals surface area contributed by atoms with E-state index in [9.17, 15) is 4.79 Å². The Balaban J connectivity index is 1.56. The topological polar surface area (TPSA) is 57.3 Å². The number of rotatable bonds is 5. The average molecular weight is 398 g/mol. The summed E-state index contributed by atoms with van der Waals surface area (Å²) in [7, 11) is 1.35. The van der Waals surface area contributed by atoms with Crippen LogP contribution in [0.4, 0.5) is 0 Å². The number of hydrogen-bond acceptors (Lipinski definition) is 4. The van der Waals surface area contributed by atoms with Crippen molar-refractivity contribution >= 4 is 28.0 Å². The molecule has 30 heavy (non-hydrogen) atoms. The molecule has 1 aliphatic rings. The predicted octanol–water partition coefficient (Wildman–Crippen LogP) is 5.90. The smallest absolute Gasteiger partial charge is 0.373 e. The average Bonchev–Trinajstić information content (AvgIpc) is 3.38. The van der Waals surface area contributed by atoms with Crippen LogP contribution in [0, 0.1) is 0 Å². The van der Waals surface area contributed by atoms with Gasteiger partial charge >= 0.3 is 5.97 Å². The van der Waals surface area contributed by atoms with Crippen molar-refractivity contribution in [1.29, 1.82) is 0 Å². The molecule has 0 saturated heterocycles. The fraction of sp³-hybridized carbons (Fsp3) is 0.200. The standard InChI is InChI=1S/C25H22N2O3/c1-29-25(28)23-16-19-15-18(11-12-22(19)30-23)24-26-20-9-5-6-10-21(20)27(24)14-13-17-7-3-2-4-8-17/h2-3,5-7,9-12,15-16H,4,8,13-14H2,1H3. The largest absolute Gasteiger partial charge is 0.463 e. The molecule has 0 amide bonds. The maximum absolute atomic E-state index is 11.8. The van der Waals surface area contributed by atoms with Crippen LogP contribution in [0.1, 0.15) is 29.8 Å². The molecule has 4 aromatic rings. The molecule has 5 rings (SSSR count). The molecule has 0 N–H and O–H groups in total. The Kier molecular flexibility index (Phi) is 4.71. The van der Waals surface area contributed by atoms with E-state index < -0.39 is 5.97 Å². The highest BCUT2D eigenvalue weighted by Crippen LogP contribution is 2.30. The van der Waals surface area contributed by atoms with Gasteiger partial charge in [0.05, 0.1) is 18.1 Å². The zero-order chi connectivity index (χ0) is 20.5. The summed E-state index contributed by atoms with van der Waals surface area (Å²) >= 11 is 0. The normalized spacial score (nSPS) is 13.7. The van der Waals surface area contributed by atoms with Crippen molar-refractivity contribution in [2.45, 2.75) is 25.8 Å². The molecule has 5 heteroatoms. The van der Waals surface area contributed by atoms with Gasteiger partial charge in [-0.05, 0) is 55.7 Å². The van der Waals surface area contributed by atoms with Gasteiger partial charge in [-0.3, -0.25) is 0 Å². The van der Waals surface area contributed by atoms with Crippen LogP contribution >= 0.6 is 0 Å². The van der Waals surface area contributed by atoms with Gasteiger partial charge in [0.25, 0.3) is 0 Å². The molecule has 0 atom stereocenters. The third kappa shape index (κ3) is 3.32. The van der Waals surface area contributed by atoms with Crippen LogP contribution in [0.5, 0.6) is 0 Å². The number of carbonyl (C=O) groups is 1. The second-order valence-electron chi connectivity index (χ2n) is 7.47. The number of nitrogens with zero attached hydrogens (tertiary/aromatic N) is 2.